The highest BCUT2D eigenvalue weighted by Gasteiger charge is 2.18. The van der Waals surface area contributed by atoms with Gasteiger partial charge in [0.25, 0.3) is 0 Å². The van der Waals surface area contributed by atoms with E-state index in [-0.39, 0.29) is 5.75 Å². The molecule has 1 saturated heterocycles. The first-order valence-electron chi connectivity index (χ1n) is 9.17. The number of quaternary nitrogens is 1. The van der Waals surface area contributed by atoms with E-state index in [4.69, 9.17) is 0 Å². The van der Waals surface area contributed by atoms with Gasteiger partial charge in [-0.05, 0) is 16.8 Å². The van der Waals surface area contributed by atoms with E-state index in [1.165, 1.54) is 5.56 Å². The molecule has 4 heteroatoms. The maximum Gasteiger partial charge on any atom is 0.125 e. The quantitative estimate of drug-likeness (QED) is 0.712. The van der Waals surface area contributed by atoms with Crippen molar-refractivity contribution in [3.63, 3.8) is 0 Å². The number of phenolic OH excluding ortho intramolecular Hbond substituents is 1. The Morgan fingerprint density at radius 1 is 0.923 bits per heavy atom. The van der Waals surface area contributed by atoms with Crippen LogP contribution in [-0.2, 0) is 6.54 Å². The molecular formula is C22H24N3O+. The minimum absolute atomic E-state index is 0.279. The molecule has 0 atom stereocenters. The topological polar surface area (TPSA) is 40.3 Å². The Bertz CT molecular complexity index is 900. The lowest BCUT2D eigenvalue weighted by molar-refractivity contribution is -0.918. The molecule has 132 valence electrons. The maximum absolute atomic E-state index is 10.2. The Kier molecular flexibility index (Phi) is 4.84. The zero-order valence-corrected chi connectivity index (χ0v) is 14.8. The summed E-state index contributed by atoms with van der Waals surface area (Å²) in [5.74, 6) is 0.279. The summed E-state index contributed by atoms with van der Waals surface area (Å²) in [6, 6.07) is 22.4. The largest absolute Gasteiger partial charge is 0.507 e. The van der Waals surface area contributed by atoms with E-state index < -0.39 is 0 Å². The van der Waals surface area contributed by atoms with E-state index in [9.17, 15) is 5.11 Å². The van der Waals surface area contributed by atoms with Crippen molar-refractivity contribution in [2.24, 2.45) is 5.10 Å². The van der Waals surface area contributed by atoms with Gasteiger partial charge in [0.15, 0.2) is 0 Å². The van der Waals surface area contributed by atoms with Gasteiger partial charge in [0.05, 0.1) is 32.4 Å². The van der Waals surface area contributed by atoms with Crippen LogP contribution in [0.2, 0.25) is 0 Å². The number of phenols is 1. The highest BCUT2D eigenvalue weighted by molar-refractivity contribution is 6.02. The van der Waals surface area contributed by atoms with Crippen molar-refractivity contribution in [2.75, 3.05) is 26.2 Å². The van der Waals surface area contributed by atoms with Crippen LogP contribution >= 0.6 is 0 Å². The predicted octanol–water partition coefficient (Wildman–Crippen LogP) is 2.28. The van der Waals surface area contributed by atoms with Gasteiger partial charge in [0, 0.05) is 11.1 Å². The molecule has 1 aliphatic rings. The van der Waals surface area contributed by atoms with E-state index >= 15 is 0 Å². The summed E-state index contributed by atoms with van der Waals surface area (Å²) in [4.78, 5) is 1.59. The summed E-state index contributed by atoms with van der Waals surface area (Å²) >= 11 is 0. The number of piperazine rings is 1. The first-order valence-corrected chi connectivity index (χ1v) is 9.17. The Morgan fingerprint density at radius 3 is 2.46 bits per heavy atom. The Balaban J connectivity index is 1.41. The highest BCUT2D eigenvalue weighted by atomic mass is 16.3. The van der Waals surface area contributed by atoms with Gasteiger partial charge in [0.1, 0.15) is 12.3 Å². The van der Waals surface area contributed by atoms with Gasteiger partial charge in [-0.2, -0.15) is 5.10 Å². The molecule has 3 aromatic rings. The molecule has 2 N–H and O–H groups in total. The molecule has 0 unspecified atom stereocenters. The van der Waals surface area contributed by atoms with Crippen molar-refractivity contribution < 1.29 is 10.0 Å². The van der Waals surface area contributed by atoms with Crippen LogP contribution in [0.1, 0.15) is 11.1 Å². The summed E-state index contributed by atoms with van der Waals surface area (Å²) in [6.45, 7) is 5.10. The first kappa shape index (κ1) is 16.6. The summed E-state index contributed by atoms with van der Waals surface area (Å²) in [7, 11) is 0. The molecule has 4 rings (SSSR count). The number of nitrogens with zero attached hydrogens (tertiary/aromatic N) is 2. The SMILES string of the molecule is Oc1ccc2ccccc2c1C=NN1CC[NH+](Cc2ccccc2)CC1. The zero-order chi connectivity index (χ0) is 17.8. The lowest BCUT2D eigenvalue weighted by atomic mass is 10.0. The van der Waals surface area contributed by atoms with Crippen LogP contribution in [0.4, 0.5) is 0 Å². The summed E-state index contributed by atoms with van der Waals surface area (Å²) < 4.78 is 0. The molecule has 4 nitrogen and oxygen atoms in total. The van der Waals surface area contributed by atoms with E-state index in [2.05, 4.69) is 46.5 Å². The molecule has 3 aromatic carbocycles. The van der Waals surface area contributed by atoms with Gasteiger partial charge in [-0.15, -0.1) is 0 Å². The fourth-order valence-electron chi connectivity index (χ4n) is 3.55. The normalized spacial score (nSPS) is 15.8. The van der Waals surface area contributed by atoms with E-state index in [0.29, 0.717) is 0 Å². The third kappa shape index (κ3) is 3.70. The van der Waals surface area contributed by atoms with Crippen LogP contribution in [0.3, 0.4) is 0 Å². The van der Waals surface area contributed by atoms with Crippen molar-refractivity contribution in [2.45, 2.75) is 6.54 Å². The van der Waals surface area contributed by atoms with Crippen LogP contribution in [0.25, 0.3) is 10.8 Å². The van der Waals surface area contributed by atoms with Crippen molar-refractivity contribution >= 4 is 17.0 Å². The van der Waals surface area contributed by atoms with Crippen LogP contribution < -0.4 is 4.90 Å². The monoisotopic (exact) mass is 346 g/mol. The number of aromatic hydroxyl groups is 1. The highest BCUT2D eigenvalue weighted by Crippen LogP contribution is 2.25. The number of hydrogen-bond acceptors (Lipinski definition) is 3. The third-order valence-corrected chi connectivity index (χ3v) is 5.04. The van der Waals surface area contributed by atoms with Gasteiger partial charge in [-0.1, -0.05) is 60.7 Å². The Labute approximate surface area is 154 Å². The molecule has 0 bridgehead atoms. The van der Waals surface area contributed by atoms with Crippen molar-refractivity contribution in [3.8, 4) is 5.75 Å². The summed E-state index contributed by atoms with van der Waals surface area (Å²) in [6.07, 6.45) is 1.81. The molecule has 0 radical (unpaired) electrons. The number of nitrogens with one attached hydrogen (secondary N) is 1. The van der Waals surface area contributed by atoms with Gasteiger partial charge in [-0.25, -0.2) is 0 Å². The number of hydrogen-bond donors (Lipinski definition) is 2. The van der Waals surface area contributed by atoms with Gasteiger partial charge < -0.3 is 10.0 Å². The van der Waals surface area contributed by atoms with E-state index in [1.807, 2.05) is 24.3 Å². The molecular weight excluding hydrogens is 322 g/mol. The van der Waals surface area contributed by atoms with Crippen LogP contribution in [0, 0.1) is 0 Å². The number of hydrazone groups is 1. The van der Waals surface area contributed by atoms with Crippen molar-refractivity contribution in [1.29, 1.82) is 0 Å². The standard InChI is InChI=1S/C22H23N3O/c26-22-11-10-19-8-4-5-9-20(19)21(22)16-23-25-14-12-24(13-15-25)17-18-6-2-1-3-7-18/h1-11,16,26H,12-15,17H2/p+1. The van der Waals surface area contributed by atoms with E-state index in [0.717, 1.165) is 49.1 Å². The molecule has 1 aliphatic heterocycles. The second kappa shape index (κ2) is 7.58. The molecule has 0 aromatic heterocycles. The second-order valence-corrected chi connectivity index (χ2v) is 6.83. The molecule has 0 saturated carbocycles. The average Bonchev–Trinajstić information content (AvgIpc) is 2.69. The first-order chi connectivity index (χ1) is 12.8. The molecule has 0 aliphatic carbocycles. The van der Waals surface area contributed by atoms with Crippen molar-refractivity contribution in [3.05, 3.63) is 77.9 Å². The summed E-state index contributed by atoms with van der Waals surface area (Å²) in [5.41, 5.74) is 2.18. The average molecular weight is 346 g/mol. The number of benzene rings is 3. The second-order valence-electron chi connectivity index (χ2n) is 6.83. The minimum Gasteiger partial charge on any atom is -0.507 e. The fraction of sp³-hybridized carbons (Fsp3) is 0.227. The fourth-order valence-corrected chi connectivity index (χ4v) is 3.55. The predicted molar refractivity (Wildman–Crippen MR) is 106 cm³/mol. The van der Waals surface area contributed by atoms with Crippen LogP contribution in [0.5, 0.6) is 5.75 Å². The Morgan fingerprint density at radius 2 is 1.65 bits per heavy atom. The molecule has 1 fully saturated rings. The van der Waals surface area contributed by atoms with E-state index in [1.54, 1.807) is 17.2 Å². The van der Waals surface area contributed by atoms with Gasteiger partial charge in [0.2, 0.25) is 0 Å². The Hall–Kier alpha value is -2.85. The lowest BCUT2D eigenvalue weighted by Gasteiger charge is -2.30. The van der Waals surface area contributed by atoms with Crippen LogP contribution in [0.15, 0.2) is 71.8 Å². The molecule has 26 heavy (non-hydrogen) atoms. The van der Waals surface area contributed by atoms with Gasteiger partial charge in [-0.3, -0.25) is 5.01 Å². The molecule has 1 heterocycles. The lowest BCUT2D eigenvalue weighted by Crippen LogP contribution is -3.13. The molecule has 0 amide bonds. The number of fused-ring (bicyclic) bond motifs is 1. The zero-order valence-electron chi connectivity index (χ0n) is 14.8. The molecule has 0 spiro atoms. The number of rotatable bonds is 4. The smallest absolute Gasteiger partial charge is 0.125 e. The van der Waals surface area contributed by atoms with Gasteiger partial charge >= 0.3 is 0 Å². The van der Waals surface area contributed by atoms with Crippen LogP contribution in [-0.4, -0.2) is 42.5 Å². The summed E-state index contributed by atoms with van der Waals surface area (Å²) in [5, 5.41) is 19.1. The van der Waals surface area contributed by atoms with Crippen molar-refractivity contribution in [1.82, 2.24) is 5.01 Å². The minimum atomic E-state index is 0.279. The maximum atomic E-state index is 10.2. The third-order valence-electron chi connectivity index (χ3n) is 5.04.